The van der Waals surface area contributed by atoms with Gasteiger partial charge in [0.15, 0.2) is 6.29 Å². The lowest BCUT2D eigenvalue weighted by molar-refractivity contribution is -0.301. The van der Waals surface area contributed by atoms with E-state index in [0.717, 1.165) is 68.1 Å². The minimum atomic E-state index is -1.31. The van der Waals surface area contributed by atoms with Crippen LogP contribution in [0.15, 0.2) is 29.8 Å². The fourth-order valence-electron chi connectivity index (χ4n) is 9.77. The zero-order valence-electron chi connectivity index (χ0n) is 24.6. The van der Waals surface area contributed by atoms with Crippen LogP contribution in [0.3, 0.4) is 0 Å². The van der Waals surface area contributed by atoms with Crippen LogP contribution in [0.5, 0.6) is 0 Å². The third kappa shape index (κ3) is 4.48. The maximum Gasteiger partial charge on any atom is 0.187 e. The molecule has 1 aliphatic heterocycles. The lowest BCUT2D eigenvalue weighted by Crippen LogP contribution is -2.60. The summed E-state index contributed by atoms with van der Waals surface area (Å²) in [6.07, 6.45) is 3.76. The number of fused-ring (bicyclic) bond motifs is 5. The smallest absolute Gasteiger partial charge is 0.187 e. The van der Waals surface area contributed by atoms with Gasteiger partial charge in [-0.3, -0.25) is 0 Å². The second-order valence-electron chi connectivity index (χ2n) is 14.1. The van der Waals surface area contributed by atoms with Crippen molar-refractivity contribution in [1.29, 1.82) is 0 Å². The van der Waals surface area contributed by atoms with Gasteiger partial charge in [0.1, 0.15) is 18.3 Å². The Hall–Kier alpha value is -1.36. The van der Waals surface area contributed by atoms with E-state index in [4.69, 9.17) is 9.47 Å². The summed E-state index contributed by atoms with van der Waals surface area (Å²) in [7, 11) is 0. The Morgan fingerprint density at radius 1 is 0.878 bits per heavy atom. The lowest BCUT2D eigenvalue weighted by atomic mass is 9.45. The van der Waals surface area contributed by atoms with Crippen molar-refractivity contribution in [2.24, 2.45) is 22.7 Å². The van der Waals surface area contributed by atoms with Crippen molar-refractivity contribution >= 4 is 0 Å². The molecule has 8 nitrogen and oxygen atoms in total. The molecule has 8 heteroatoms. The summed E-state index contributed by atoms with van der Waals surface area (Å²) >= 11 is 0. The number of ether oxygens (including phenoxy) is 2. The van der Waals surface area contributed by atoms with E-state index in [0.29, 0.717) is 5.92 Å². The monoisotopic (exact) mass is 572 g/mol. The quantitative estimate of drug-likeness (QED) is 0.296. The van der Waals surface area contributed by atoms with Crippen LogP contribution in [-0.2, 0) is 22.7 Å². The molecule has 6 N–H and O–H groups in total. The molecule has 3 saturated carbocycles. The number of hydrogen-bond acceptors (Lipinski definition) is 8. The second kappa shape index (κ2) is 10.7. The molecule has 4 aliphatic carbocycles. The molecular formula is C33H48O8. The van der Waals surface area contributed by atoms with E-state index in [1.165, 1.54) is 5.57 Å². The molecule has 228 valence electrons. The Labute approximate surface area is 243 Å². The van der Waals surface area contributed by atoms with Crippen molar-refractivity contribution < 1.29 is 40.1 Å². The molecule has 4 fully saturated rings. The average molecular weight is 573 g/mol. The maximum absolute atomic E-state index is 12.6. The third-order valence-electron chi connectivity index (χ3n) is 12.3. The molecule has 0 spiro atoms. The van der Waals surface area contributed by atoms with Crippen LogP contribution in [0.2, 0.25) is 0 Å². The van der Waals surface area contributed by atoms with Gasteiger partial charge in [-0.25, -0.2) is 0 Å². The Kier molecular flexibility index (Phi) is 7.73. The highest BCUT2D eigenvalue weighted by Crippen LogP contribution is 2.70. The first-order chi connectivity index (χ1) is 19.5. The highest BCUT2D eigenvalue weighted by Gasteiger charge is 2.66. The molecule has 6 rings (SSSR count). The van der Waals surface area contributed by atoms with Crippen molar-refractivity contribution in [2.75, 3.05) is 0 Å². The van der Waals surface area contributed by atoms with E-state index in [-0.39, 0.29) is 42.0 Å². The van der Waals surface area contributed by atoms with E-state index < -0.39 is 36.3 Å². The van der Waals surface area contributed by atoms with Crippen molar-refractivity contribution in [3.8, 4) is 0 Å². The SMILES string of the molecule is C[C@@H]1O[C@@H](O[C@@H]2C=C3CC[C@@H]4[C@H](CC[C@]5(C)[C@@H](c6ccc(CO)c(CO)c6)CC[C@]45O)[C@@]3(C)CC2)[C@H](O)[C@H](O)[C@H]1O. The topological polar surface area (TPSA) is 140 Å². The lowest BCUT2D eigenvalue weighted by Gasteiger charge is -2.62. The molecule has 0 amide bonds. The van der Waals surface area contributed by atoms with Crippen LogP contribution in [0.4, 0.5) is 0 Å². The van der Waals surface area contributed by atoms with Gasteiger partial charge in [-0.05, 0) is 98.1 Å². The van der Waals surface area contributed by atoms with E-state index in [1.807, 2.05) is 12.1 Å². The van der Waals surface area contributed by atoms with Crippen LogP contribution in [0, 0.1) is 22.7 Å². The standard InChI is InChI=1S/C33H48O8/c1-18-27(36)28(37)29(38)30(40-18)41-23-8-11-31(2)22(15-23)6-7-26-25(31)9-12-32(3)24(10-13-33(26,32)39)19-4-5-20(16-34)21(14-19)17-35/h4-5,14-15,18,23-30,34-39H,6-13,16-17H2,1-3H3/t18-,23-,24+,25-,26+,27-,28+,29+,30-,31-,32+,33-/m0/s1. The van der Waals surface area contributed by atoms with E-state index >= 15 is 0 Å². The van der Waals surface area contributed by atoms with Gasteiger partial charge in [-0.2, -0.15) is 0 Å². The number of rotatable bonds is 5. The Bertz CT molecular complexity index is 1170. The van der Waals surface area contributed by atoms with Gasteiger partial charge in [-0.1, -0.05) is 43.7 Å². The fourth-order valence-corrected chi connectivity index (χ4v) is 9.77. The second-order valence-corrected chi connectivity index (χ2v) is 14.1. The number of aliphatic hydroxyl groups is 6. The highest BCUT2D eigenvalue weighted by atomic mass is 16.7. The molecule has 0 aromatic heterocycles. The zero-order valence-corrected chi connectivity index (χ0v) is 24.6. The van der Waals surface area contributed by atoms with Crippen LogP contribution in [0.1, 0.15) is 94.7 Å². The van der Waals surface area contributed by atoms with Gasteiger partial charge in [0.25, 0.3) is 0 Å². The zero-order chi connectivity index (χ0) is 29.3. The molecule has 0 radical (unpaired) electrons. The highest BCUT2D eigenvalue weighted by molar-refractivity contribution is 5.37. The Morgan fingerprint density at radius 3 is 2.37 bits per heavy atom. The first-order valence-corrected chi connectivity index (χ1v) is 15.6. The number of aliphatic hydroxyl groups excluding tert-OH is 5. The molecule has 0 unspecified atom stereocenters. The van der Waals surface area contributed by atoms with Gasteiger partial charge >= 0.3 is 0 Å². The Balaban J connectivity index is 1.21. The molecule has 1 aromatic carbocycles. The number of allylic oxidation sites excluding steroid dienone is 1. The van der Waals surface area contributed by atoms with Gasteiger partial charge < -0.3 is 40.1 Å². The van der Waals surface area contributed by atoms with E-state index in [9.17, 15) is 30.6 Å². The van der Waals surface area contributed by atoms with Crippen molar-refractivity contribution in [3.63, 3.8) is 0 Å². The van der Waals surface area contributed by atoms with E-state index in [1.54, 1.807) is 6.92 Å². The average Bonchev–Trinajstić information content (AvgIpc) is 3.25. The summed E-state index contributed by atoms with van der Waals surface area (Å²) < 4.78 is 11.9. The molecular weight excluding hydrogens is 524 g/mol. The first-order valence-electron chi connectivity index (χ1n) is 15.6. The summed E-state index contributed by atoms with van der Waals surface area (Å²) in [4.78, 5) is 0. The fraction of sp³-hybridized carbons (Fsp3) is 0.758. The molecule has 12 atom stereocenters. The van der Waals surface area contributed by atoms with Gasteiger partial charge in [-0.15, -0.1) is 0 Å². The van der Waals surface area contributed by atoms with Crippen LogP contribution in [-0.4, -0.2) is 73.1 Å². The van der Waals surface area contributed by atoms with Crippen LogP contribution < -0.4 is 0 Å². The summed E-state index contributed by atoms with van der Waals surface area (Å²) in [5.74, 6) is 0.790. The van der Waals surface area contributed by atoms with E-state index in [2.05, 4.69) is 26.0 Å². The van der Waals surface area contributed by atoms with Crippen LogP contribution in [0.25, 0.3) is 0 Å². The number of benzene rings is 1. The van der Waals surface area contributed by atoms with Gasteiger partial charge in [0.2, 0.25) is 0 Å². The summed E-state index contributed by atoms with van der Waals surface area (Å²) in [5.41, 5.74) is 3.00. The summed E-state index contributed by atoms with van der Waals surface area (Å²) in [6.45, 7) is 6.11. The largest absolute Gasteiger partial charge is 0.392 e. The predicted octanol–water partition coefficient (Wildman–Crippen LogP) is 3.05. The first kappa shape index (κ1) is 29.7. The molecule has 1 aromatic rings. The van der Waals surface area contributed by atoms with Crippen molar-refractivity contribution in [1.82, 2.24) is 0 Å². The number of hydrogen-bond donors (Lipinski definition) is 6. The van der Waals surface area contributed by atoms with Gasteiger partial charge in [0, 0.05) is 5.41 Å². The minimum Gasteiger partial charge on any atom is -0.392 e. The normalized spacial score (nSPS) is 47.7. The molecule has 41 heavy (non-hydrogen) atoms. The molecule has 1 heterocycles. The minimum absolute atomic E-state index is 0.0280. The Morgan fingerprint density at radius 2 is 1.63 bits per heavy atom. The molecule has 5 aliphatic rings. The summed E-state index contributed by atoms with van der Waals surface area (Å²) in [6, 6.07) is 6.04. The van der Waals surface area contributed by atoms with Crippen LogP contribution >= 0.6 is 0 Å². The summed E-state index contributed by atoms with van der Waals surface area (Å²) in [5, 5.41) is 62.9. The maximum atomic E-state index is 12.6. The van der Waals surface area contributed by atoms with Gasteiger partial charge in [0.05, 0.1) is 31.0 Å². The predicted molar refractivity (Wildman–Crippen MR) is 151 cm³/mol. The molecule has 0 bridgehead atoms. The third-order valence-corrected chi connectivity index (χ3v) is 12.3. The van der Waals surface area contributed by atoms with Crippen molar-refractivity contribution in [2.45, 2.75) is 134 Å². The molecule has 1 saturated heterocycles. The van der Waals surface area contributed by atoms with Crippen molar-refractivity contribution in [3.05, 3.63) is 46.5 Å².